The van der Waals surface area contributed by atoms with Crippen LogP contribution in [0.1, 0.15) is 22.5 Å². The summed E-state index contributed by atoms with van der Waals surface area (Å²) < 4.78 is 5.84. The number of rotatable bonds is 3. The number of carbonyl (C=O) groups is 1. The number of hydrogen-bond acceptors (Lipinski definition) is 5. The van der Waals surface area contributed by atoms with Gasteiger partial charge in [-0.25, -0.2) is 4.99 Å². The van der Waals surface area contributed by atoms with Crippen LogP contribution in [0.2, 0.25) is 0 Å². The minimum Gasteiger partial charge on any atom is -0.457 e. The molecule has 1 N–H and O–H groups in total. The van der Waals surface area contributed by atoms with E-state index < -0.39 is 0 Å². The molecule has 1 aliphatic rings. The van der Waals surface area contributed by atoms with Crippen molar-refractivity contribution < 1.29 is 9.21 Å². The van der Waals surface area contributed by atoms with Crippen LogP contribution < -0.4 is 5.32 Å². The number of furan rings is 1. The lowest BCUT2D eigenvalue weighted by Crippen LogP contribution is -2.19. The number of amidine groups is 1. The lowest BCUT2D eigenvalue weighted by atomic mass is 10.1. The van der Waals surface area contributed by atoms with Crippen molar-refractivity contribution >= 4 is 34.6 Å². The molecule has 0 unspecified atom stereocenters. The van der Waals surface area contributed by atoms with Crippen molar-refractivity contribution in [1.29, 1.82) is 5.26 Å². The Kier molecular flexibility index (Phi) is 5.07. The normalized spacial score (nSPS) is 16.2. The second kappa shape index (κ2) is 7.82. The van der Waals surface area contributed by atoms with Crippen LogP contribution in [0.4, 0.5) is 5.69 Å². The first-order valence-electron chi connectivity index (χ1n) is 8.99. The van der Waals surface area contributed by atoms with E-state index in [4.69, 9.17) is 9.68 Å². The molecule has 0 saturated carbocycles. The van der Waals surface area contributed by atoms with Gasteiger partial charge < -0.3 is 9.73 Å². The lowest BCUT2D eigenvalue weighted by molar-refractivity contribution is -0.115. The summed E-state index contributed by atoms with van der Waals surface area (Å²) in [6.07, 6.45) is 1.70. The highest BCUT2D eigenvalue weighted by molar-refractivity contribution is 8.18. The highest BCUT2D eigenvalue weighted by Crippen LogP contribution is 2.30. The van der Waals surface area contributed by atoms with Crippen molar-refractivity contribution in [3.63, 3.8) is 0 Å². The number of amides is 1. The first-order valence-corrected chi connectivity index (χ1v) is 9.81. The standard InChI is InChI=1S/C23H17N3O2S/c1-14-3-8-18(11-15(14)2)25-23-26-22(27)21(29-23)12-19-9-10-20(28-19)17-6-4-16(13-24)5-7-17/h3-12H,1-2H3,(H,25,26,27)/b21-12-. The molecule has 1 fully saturated rings. The largest absolute Gasteiger partial charge is 0.457 e. The van der Waals surface area contributed by atoms with E-state index in [1.54, 1.807) is 18.2 Å². The van der Waals surface area contributed by atoms with Gasteiger partial charge in [0.25, 0.3) is 5.91 Å². The summed E-state index contributed by atoms with van der Waals surface area (Å²) in [7, 11) is 0. The predicted molar refractivity (Wildman–Crippen MR) is 116 cm³/mol. The molecule has 0 spiro atoms. The van der Waals surface area contributed by atoms with Crippen LogP contribution in [-0.4, -0.2) is 11.1 Å². The molecular formula is C23H17N3O2S. The van der Waals surface area contributed by atoms with E-state index in [1.165, 1.54) is 17.3 Å². The Morgan fingerprint density at radius 2 is 1.86 bits per heavy atom. The van der Waals surface area contributed by atoms with Crippen molar-refractivity contribution in [3.05, 3.63) is 82.0 Å². The molecule has 29 heavy (non-hydrogen) atoms. The van der Waals surface area contributed by atoms with Crippen molar-refractivity contribution in [3.8, 4) is 17.4 Å². The topological polar surface area (TPSA) is 78.4 Å². The zero-order valence-electron chi connectivity index (χ0n) is 15.9. The molecule has 0 aliphatic carbocycles. The Balaban J connectivity index is 1.53. The maximum Gasteiger partial charge on any atom is 0.264 e. The van der Waals surface area contributed by atoms with Crippen LogP contribution in [0, 0.1) is 25.2 Å². The summed E-state index contributed by atoms with van der Waals surface area (Å²) in [6, 6.07) is 18.8. The molecular weight excluding hydrogens is 382 g/mol. The number of aliphatic imine (C=N–C) groups is 1. The first kappa shape index (κ1) is 18.8. The molecule has 4 rings (SSSR count). The smallest absolute Gasteiger partial charge is 0.264 e. The van der Waals surface area contributed by atoms with E-state index in [9.17, 15) is 4.79 Å². The molecule has 1 aromatic heterocycles. The minimum absolute atomic E-state index is 0.200. The van der Waals surface area contributed by atoms with E-state index in [2.05, 4.69) is 23.3 Å². The maximum absolute atomic E-state index is 12.3. The number of benzene rings is 2. The zero-order valence-corrected chi connectivity index (χ0v) is 16.7. The van der Waals surface area contributed by atoms with E-state index in [-0.39, 0.29) is 5.91 Å². The molecule has 1 saturated heterocycles. The number of thioether (sulfide) groups is 1. The maximum atomic E-state index is 12.3. The quantitative estimate of drug-likeness (QED) is 0.604. The van der Waals surface area contributed by atoms with Crippen molar-refractivity contribution in [2.45, 2.75) is 13.8 Å². The van der Waals surface area contributed by atoms with Crippen LogP contribution in [0.15, 0.2) is 68.9 Å². The average molecular weight is 399 g/mol. The van der Waals surface area contributed by atoms with Crippen LogP contribution in [-0.2, 0) is 4.79 Å². The summed E-state index contributed by atoms with van der Waals surface area (Å²) in [4.78, 5) is 17.3. The molecule has 2 heterocycles. The van der Waals surface area contributed by atoms with Gasteiger partial charge in [0.05, 0.1) is 22.2 Å². The summed E-state index contributed by atoms with van der Waals surface area (Å²) in [6.45, 7) is 4.09. The van der Waals surface area contributed by atoms with Crippen LogP contribution in [0.3, 0.4) is 0 Å². The molecule has 0 bridgehead atoms. The molecule has 142 valence electrons. The number of nitrogens with one attached hydrogen (secondary N) is 1. The number of hydrogen-bond donors (Lipinski definition) is 1. The Hall–Kier alpha value is -3.56. The second-order valence-electron chi connectivity index (χ2n) is 6.64. The monoisotopic (exact) mass is 399 g/mol. The summed E-state index contributed by atoms with van der Waals surface area (Å²) in [5.41, 5.74) is 4.63. The third-order valence-corrected chi connectivity index (χ3v) is 5.48. The van der Waals surface area contributed by atoms with Gasteiger partial charge in [0.15, 0.2) is 5.17 Å². The van der Waals surface area contributed by atoms with E-state index >= 15 is 0 Å². The van der Waals surface area contributed by atoms with Gasteiger partial charge >= 0.3 is 0 Å². The fourth-order valence-electron chi connectivity index (χ4n) is 2.82. The SMILES string of the molecule is Cc1ccc(N=C2NC(=O)/C(=C/c3ccc(-c4ccc(C#N)cc4)o3)S2)cc1C. The Morgan fingerprint density at radius 3 is 2.59 bits per heavy atom. The van der Waals surface area contributed by atoms with Crippen LogP contribution in [0.5, 0.6) is 0 Å². The summed E-state index contributed by atoms with van der Waals surface area (Å²) >= 11 is 1.28. The number of carbonyl (C=O) groups excluding carboxylic acids is 1. The first-order chi connectivity index (χ1) is 14.0. The second-order valence-corrected chi connectivity index (χ2v) is 7.67. The van der Waals surface area contributed by atoms with Gasteiger partial charge in [-0.1, -0.05) is 6.07 Å². The highest BCUT2D eigenvalue weighted by atomic mass is 32.2. The van der Waals surface area contributed by atoms with Crippen LogP contribution in [0.25, 0.3) is 17.4 Å². The van der Waals surface area contributed by atoms with Crippen molar-refractivity contribution in [1.82, 2.24) is 5.32 Å². The van der Waals surface area contributed by atoms with Crippen LogP contribution >= 0.6 is 11.8 Å². The Bertz CT molecular complexity index is 1200. The zero-order chi connectivity index (χ0) is 20.4. The van der Waals surface area contributed by atoms with Gasteiger partial charge in [-0.15, -0.1) is 0 Å². The molecule has 0 radical (unpaired) electrons. The molecule has 3 aromatic rings. The van der Waals surface area contributed by atoms with Gasteiger partial charge in [-0.05, 0) is 85.3 Å². The number of nitrogens with zero attached hydrogens (tertiary/aromatic N) is 2. The molecule has 6 heteroatoms. The Morgan fingerprint density at radius 1 is 1.07 bits per heavy atom. The van der Waals surface area contributed by atoms with E-state index in [0.717, 1.165) is 16.8 Å². The lowest BCUT2D eigenvalue weighted by Gasteiger charge is -2.01. The molecule has 0 atom stereocenters. The molecule has 5 nitrogen and oxygen atoms in total. The molecule has 2 aromatic carbocycles. The fourth-order valence-corrected chi connectivity index (χ4v) is 3.64. The van der Waals surface area contributed by atoms with E-state index in [1.807, 2.05) is 49.4 Å². The predicted octanol–water partition coefficient (Wildman–Crippen LogP) is 5.33. The molecule has 1 amide bonds. The van der Waals surface area contributed by atoms with Gasteiger partial charge in [-0.2, -0.15) is 5.26 Å². The highest BCUT2D eigenvalue weighted by Gasteiger charge is 2.24. The third kappa shape index (κ3) is 4.15. The van der Waals surface area contributed by atoms with Crippen molar-refractivity contribution in [2.24, 2.45) is 4.99 Å². The van der Waals surface area contributed by atoms with Gasteiger partial charge in [0, 0.05) is 11.6 Å². The molecule has 1 aliphatic heterocycles. The minimum atomic E-state index is -0.200. The average Bonchev–Trinajstić information content (AvgIpc) is 3.32. The fraction of sp³-hybridized carbons (Fsp3) is 0.0870. The Labute approximate surface area is 172 Å². The summed E-state index contributed by atoms with van der Waals surface area (Å²) in [5, 5.41) is 12.2. The third-order valence-electron chi connectivity index (χ3n) is 4.57. The van der Waals surface area contributed by atoms with E-state index in [0.29, 0.717) is 27.2 Å². The number of aryl methyl sites for hydroxylation is 2. The summed E-state index contributed by atoms with van der Waals surface area (Å²) in [5.74, 6) is 1.05. The van der Waals surface area contributed by atoms with Gasteiger partial charge in [0.1, 0.15) is 11.5 Å². The van der Waals surface area contributed by atoms with Gasteiger partial charge in [0.2, 0.25) is 0 Å². The number of nitriles is 1. The van der Waals surface area contributed by atoms with Crippen molar-refractivity contribution in [2.75, 3.05) is 0 Å². The van der Waals surface area contributed by atoms with Gasteiger partial charge in [-0.3, -0.25) is 4.79 Å².